The summed E-state index contributed by atoms with van der Waals surface area (Å²) < 4.78 is 52.1. The molecule has 4 nitrogen and oxygen atoms in total. The molecule has 1 saturated carbocycles. The highest BCUT2D eigenvalue weighted by atomic mass is 35.5. The second-order valence-corrected chi connectivity index (χ2v) is 8.01. The van der Waals surface area contributed by atoms with E-state index in [0.717, 1.165) is 37.1 Å². The summed E-state index contributed by atoms with van der Waals surface area (Å²) in [6, 6.07) is 2.56. The van der Waals surface area contributed by atoms with E-state index in [9.17, 15) is 22.4 Å². The lowest BCUT2D eigenvalue weighted by Gasteiger charge is -2.29. The fourth-order valence-corrected chi connectivity index (χ4v) is 3.63. The van der Waals surface area contributed by atoms with Crippen molar-refractivity contribution in [3.8, 4) is 0 Å². The molecule has 0 saturated heterocycles. The number of hydrogen-bond donors (Lipinski definition) is 3. The molecule has 0 aromatic heterocycles. The first kappa shape index (κ1) is 24.8. The van der Waals surface area contributed by atoms with Crippen molar-refractivity contribution in [1.82, 2.24) is 10.6 Å². The SMILES string of the molecule is C=C/C(F)=C(C)\C=C(/N)NCC1CCC(NC(=O)c2cc(C(F)(F)F)ccc2Cl)CC1. The number of amides is 1. The summed E-state index contributed by atoms with van der Waals surface area (Å²) in [6.45, 7) is 5.56. The van der Waals surface area contributed by atoms with Crippen molar-refractivity contribution >= 4 is 17.5 Å². The van der Waals surface area contributed by atoms with Gasteiger partial charge in [-0.05, 0) is 74.4 Å². The largest absolute Gasteiger partial charge is 0.416 e. The number of carbonyl (C=O) groups is 1. The zero-order valence-electron chi connectivity index (χ0n) is 17.2. The molecule has 31 heavy (non-hydrogen) atoms. The number of allylic oxidation sites excluding steroid dienone is 4. The van der Waals surface area contributed by atoms with Gasteiger partial charge in [0.15, 0.2) is 0 Å². The van der Waals surface area contributed by atoms with Crippen LogP contribution in [0.5, 0.6) is 0 Å². The van der Waals surface area contributed by atoms with Crippen molar-refractivity contribution in [3.05, 3.63) is 70.3 Å². The fraction of sp³-hybridized carbons (Fsp3) is 0.409. The number of rotatable bonds is 7. The highest BCUT2D eigenvalue weighted by Crippen LogP contribution is 2.32. The quantitative estimate of drug-likeness (QED) is 0.374. The molecule has 0 radical (unpaired) electrons. The molecule has 0 aliphatic heterocycles. The van der Waals surface area contributed by atoms with Crippen molar-refractivity contribution in [2.45, 2.75) is 44.8 Å². The summed E-state index contributed by atoms with van der Waals surface area (Å²) in [6.07, 6.45) is 1.04. The number of alkyl halides is 3. The number of nitrogens with one attached hydrogen (secondary N) is 2. The van der Waals surface area contributed by atoms with Gasteiger partial charge in [0.2, 0.25) is 0 Å². The minimum atomic E-state index is -4.55. The number of halogens is 5. The molecule has 2 rings (SSSR count). The molecule has 1 aromatic carbocycles. The third kappa shape index (κ3) is 7.31. The minimum absolute atomic E-state index is 0.0251. The van der Waals surface area contributed by atoms with Crippen LogP contribution in [0.1, 0.15) is 48.5 Å². The Hall–Kier alpha value is -2.48. The predicted octanol–water partition coefficient (Wildman–Crippen LogP) is 5.47. The van der Waals surface area contributed by atoms with Gasteiger partial charge >= 0.3 is 6.18 Å². The average molecular weight is 460 g/mol. The Kier molecular flexibility index (Phi) is 8.56. The van der Waals surface area contributed by atoms with Crippen molar-refractivity contribution in [3.63, 3.8) is 0 Å². The third-order valence-corrected chi connectivity index (χ3v) is 5.57. The number of benzene rings is 1. The van der Waals surface area contributed by atoms with Crippen molar-refractivity contribution in [1.29, 1.82) is 0 Å². The molecule has 1 aromatic rings. The average Bonchev–Trinajstić information content (AvgIpc) is 2.71. The predicted molar refractivity (Wildman–Crippen MR) is 114 cm³/mol. The summed E-state index contributed by atoms with van der Waals surface area (Å²) in [7, 11) is 0. The summed E-state index contributed by atoms with van der Waals surface area (Å²) in [5.74, 6) is -0.395. The molecule has 0 spiro atoms. The van der Waals surface area contributed by atoms with Gasteiger partial charge in [-0.1, -0.05) is 18.2 Å². The Morgan fingerprint density at radius 3 is 2.52 bits per heavy atom. The van der Waals surface area contributed by atoms with E-state index in [-0.39, 0.29) is 16.6 Å². The fourth-order valence-electron chi connectivity index (χ4n) is 3.43. The maximum Gasteiger partial charge on any atom is 0.416 e. The third-order valence-electron chi connectivity index (χ3n) is 5.24. The number of hydrogen-bond acceptors (Lipinski definition) is 3. The van der Waals surface area contributed by atoms with E-state index in [1.54, 1.807) is 6.92 Å². The first-order chi connectivity index (χ1) is 14.5. The molecular weight excluding hydrogens is 434 g/mol. The van der Waals surface area contributed by atoms with E-state index < -0.39 is 23.5 Å². The van der Waals surface area contributed by atoms with Gasteiger partial charge in [0, 0.05) is 12.6 Å². The molecular formula is C22H26ClF4N3O. The van der Waals surface area contributed by atoms with Gasteiger partial charge in [-0.15, -0.1) is 0 Å². The standard InChI is InChI=1S/C22H26ClF4N3O/c1-3-19(24)13(2)10-20(28)29-12-14-4-7-16(8-5-14)30-21(31)17-11-15(22(25,26)27)6-9-18(17)23/h3,6,9-11,14,16,29H,1,4-5,7-8,12,28H2,2H3,(H,30,31)/b19-13+,20-10+. The van der Waals surface area contributed by atoms with Gasteiger partial charge in [0.05, 0.1) is 22.0 Å². The maximum absolute atomic E-state index is 13.4. The zero-order chi connectivity index (χ0) is 23.2. The van der Waals surface area contributed by atoms with E-state index in [1.807, 2.05) is 0 Å². The summed E-state index contributed by atoms with van der Waals surface area (Å²) in [5.41, 5.74) is 5.14. The lowest BCUT2D eigenvalue weighted by molar-refractivity contribution is -0.137. The normalized spacial score (nSPS) is 20.6. The van der Waals surface area contributed by atoms with Crippen LogP contribution in [0.25, 0.3) is 0 Å². The molecule has 0 atom stereocenters. The van der Waals surface area contributed by atoms with E-state index in [2.05, 4.69) is 17.2 Å². The smallest absolute Gasteiger partial charge is 0.386 e. The Bertz CT molecular complexity index is 872. The Balaban J connectivity index is 1.87. The highest BCUT2D eigenvalue weighted by molar-refractivity contribution is 6.33. The summed E-state index contributed by atoms with van der Waals surface area (Å²) in [5, 5.41) is 5.82. The highest BCUT2D eigenvalue weighted by Gasteiger charge is 2.32. The van der Waals surface area contributed by atoms with Crippen LogP contribution in [0, 0.1) is 5.92 Å². The number of carbonyl (C=O) groups excluding carboxylic acids is 1. The van der Waals surface area contributed by atoms with E-state index >= 15 is 0 Å². The van der Waals surface area contributed by atoms with E-state index in [0.29, 0.717) is 36.7 Å². The van der Waals surface area contributed by atoms with Gasteiger partial charge in [0.1, 0.15) is 5.83 Å². The zero-order valence-corrected chi connectivity index (χ0v) is 17.9. The lowest BCUT2D eigenvalue weighted by Crippen LogP contribution is -2.39. The van der Waals surface area contributed by atoms with Crippen LogP contribution in [-0.4, -0.2) is 18.5 Å². The van der Waals surface area contributed by atoms with Gasteiger partial charge in [-0.3, -0.25) is 4.79 Å². The van der Waals surface area contributed by atoms with Gasteiger partial charge in [0.25, 0.3) is 5.91 Å². The second kappa shape index (κ2) is 10.7. The van der Waals surface area contributed by atoms with Crippen LogP contribution in [0.4, 0.5) is 17.6 Å². The Morgan fingerprint density at radius 2 is 1.94 bits per heavy atom. The first-order valence-electron chi connectivity index (χ1n) is 9.88. The molecule has 0 unspecified atom stereocenters. The molecule has 9 heteroatoms. The molecule has 170 valence electrons. The molecule has 1 fully saturated rings. The molecule has 4 N–H and O–H groups in total. The van der Waals surface area contributed by atoms with Crippen LogP contribution < -0.4 is 16.4 Å². The van der Waals surface area contributed by atoms with Crippen LogP contribution in [0.2, 0.25) is 5.02 Å². The lowest BCUT2D eigenvalue weighted by atomic mass is 9.86. The first-order valence-corrected chi connectivity index (χ1v) is 10.3. The van der Waals surface area contributed by atoms with Gasteiger partial charge in [-0.25, -0.2) is 4.39 Å². The van der Waals surface area contributed by atoms with Crippen molar-refractivity contribution in [2.24, 2.45) is 11.7 Å². The van der Waals surface area contributed by atoms with Gasteiger partial charge in [-0.2, -0.15) is 13.2 Å². The molecule has 0 bridgehead atoms. The molecule has 1 amide bonds. The summed E-state index contributed by atoms with van der Waals surface area (Å²) in [4.78, 5) is 12.5. The van der Waals surface area contributed by atoms with Crippen LogP contribution in [0.3, 0.4) is 0 Å². The Labute approximate surface area is 184 Å². The minimum Gasteiger partial charge on any atom is -0.386 e. The van der Waals surface area contributed by atoms with Gasteiger partial charge < -0.3 is 16.4 Å². The summed E-state index contributed by atoms with van der Waals surface area (Å²) >= 11 is 5.93. The Morgan fingerprint density at radius 1 is 1.29 bits per heavy atom. The van der Waals surface area contributed by atoms with Crippen molar-refractivity contribution in [2.75, 3.05) is 6.54 Å². The van der Waals surface area contributed by atoms with E-state index in [4.69, 9.17) is 17.3 Å². The van der Waals surface area contributed by atoms with Crippen LogP contribution >= 0.6 is 11.6 Å². The molecule has 1 aliphatic rings. The van der Waals surface area contributed by atoms with Crippen LogP contribution in [-0.2, 0) is 6.18 Å². The second-order valence-electron chi connectivity index (χ2n) is 7.60. The molecule has 1 aliphatic carbocycles. The van der Waals surface area contributed by atoms with Crippen molar-refractivity contribution < 1.29 is 22.4 Å². The molecule has 0 heterocycles. The topological polar surface area (TPSA) is 67.2 Å². The maximum atomic E-state index is 13.4. The number of nitrogens with two attached hydrogens (primary N) is 1. The van der Waals surface area contributed by atoms with E-state index in [1.165, 1.54) is 6.08 Å². The van der Waals surface area contributed by atoms with Crippen LogP contribution in [0.15, 0.2) is 54.2 Å². The monoisotopic (exact) mass is 459 g/mol.